The van der Waals surface area contributed by atoms with Crippen LogP contribution in [0.2, 0.25) is 0 Å². The third-order valence-electron chi connectivity index (χ3n) is 12.4. The van der Waals surface area contributed by atoms with Gasteiger partial charge in [0, 0.05) is 38.2 Å². The second-order valence-electron chi connectivity index (χ2n) is 16.3. The lowest BCUT2D eigenvalue weighted by Crippen LogP contribution is -2.07. The quantitative estimate of drug-likeness (QED) is 0.160. The molecule has 0 N–H and O–H groups in total. The van der Waals surface area contributed by atoms with Crippen LogP contribution in [0.15, 0.2) is 223 Å². The zero-order chi connectivity index (χ0) is 42.8. The van der Waals surface area contributed by atoms with E-state index >= 15 is 0 Å². The van der Waals surface area contributed by atoms with E-state index in [0.717, 1.165) is 93.8 Å². The summed E-state index contributed by atoms with van der Waals surface area (Å²) in [4.78, 5) is 21.1. The van der Waals surface area contributed by atoms with Crippen molar-refractivity contribution in [3.8, 4) is 68.1 Å². The highest BCUT2D eigenvalue weighted by Gasteiger charge is 2.25. The van der Waals surface area contributed by atoms with Crippen molar-refractivity contribution in [1.29, 1.82) is 0 Å². The largest absolute Gasteiger partial charge is 0.434 e. The molecule has 0 unspecified atom stereocenters. The van der Waals surface area contributed by atoms with E-state index in [1.165, 1.54) is 0 Å². The van der Waals surface area contributed by atoms with Crippen molar-refractivity contribution in [2.24, 2.45) is 0 Å². The van der Waals surface area contributed by atoms with Crippen LogP contribution in [-0.4, -0.2) is 29.1 Å². The maximum Gasteiger partial charge on any atom is 0.238 e. The number of hydrogen-bond acceptors (Lipinski definition) is 5. The van der Waals surface area contributed by atoms with Gasteiger partial charge in [-0.2, -0.15) is 9.97 Å². The number of fused-ring (bicyclic) bond motifs is 8. The molecule has 0 aliphatic carbocycles. The fourth-order valence-electron chi connectivity index (χ4n) is 9.43. The third-order valence-corrected chi connectivity index (χ3v) is 12.4. The van der Waals surface area contributed by atoms with Gasteiger partial charge in [0.2, 0.25) is 11.8 Å². The number of aromatic nitrogens is 6. The van der Waals surface area contributed by atoms with E-state index in [-0.39, 0.29) is 0 Å². The molecule has 0 bridgehead atoms. The molecule has 7 heteroatoms. The molecule has 7 nitrogen and oxygen atoms in total. The SMILES string of the molecule is c1ccc(-c2cc(-c3ccccc3)cc(-c3nc(-c4ccccc4)nc(-n4c5ccccc5c5ccc6c7ccccc7n(-c7cccc8nc(-c9ccccc9)oc78)c6c54)n3)c2)cc1. The van der Waals surface area contributed by atoms with Gasteiger partial charge in [-0.3, -0.25) is 4.57 Å². The molecule has 0 atom stereocenters. The van der Waals surface area contributed by atoms with E-state index in [0.29, 0.717) is 29.1 Å². The minimum absolute atomic E-state index is 0.514. The monoisotopic (exact) mass is 832 g/mol. The summed E-state index contributed by atoms with van der Waals surface area (Å²) >= 11 is 0. The van der Waals surface area contributed by atoms with Crippen LogP contribution >= 0.6 is 0 Å². The summed E-state index contributed by atoms with van der Waals surface area (Å²) in [6, 6.07) is 75.7. The highest BCUT2D eigenvalue weighted by Crippen LogP contribution is 2.43. The second kappa shape index (κ2) is 14.9. The van der Waals surface area contributed by atoms with Crippen LogP contribution in [0.1, 0.15) is 0 Å². The molecule has 0 saturated carbocycles. The van der Waals surface area contributed by atoms with Crippen molar-refractivity contribution in [2.45, 2.75) is 0 Å². The average Bonchev–Trinajstić information content (AvgIpc) is 4.08. The Balaban J connectivity index is 1.13. The first-order valence-corrected chi connectivity index (χ1v) is 21.7. The Bertz CT molecular complexity index is 3870. The summed E-state index contributed by atoms with van der Waals surface area (Å²) in [6.45, 7) is 0. The molecular weight excluding hydrogens is 797 g/mol. The van der Waals surface area contributed by atoms with Crippen LogP contribution in [0.25, 0.3) is 123 Å². The summed E-state index contributed by atoms with van der Waals surface area (Å²) in [7, 11) is 0. The van der Waals surface area contributed by atoms with Gasteiger partial charge >= 0.3 is 0 Å². The van der Waals surface area contributed by atoms with Crippen molar-refractivity contribution < 1.29 is 4.42 Å². The van der Waals surface area contributed by atoms with Gasteiger partial charge in [-0.25, -0.2) is 9.97 Å². The molecule has 13 rings (SSSR count). The van der Waals surface area contributed by atoms with Crippen molar-refractivity contribution in [1.82, 2.24) is 29.1 Å². The fraction of sp³-hybridized carbons (Fsp3) is 0. The van der Waals surface area contributed by atoms with Gasteiger partial charge in [0.15, 0.2) is 17.2 Å². The van der Waals surface area contributed by atoms with Crippen LogP contribution in [-0.2, 0) is 0 Å². The molecule has 0 radical (unpaired) electrons. The smallest absolute Gasteiger partial charge is 0.238 e. The zero-order valence-corrected chi connectivity index (χ0v) is 34.9. The summed E-state index contributed by atoms with van der Waals surface area (Å²) in [5.41, 5.74) is 13.4. The van der Waals surface area contributed by atoms with Crippen molar-refractivity contribution in [2.75, 3.05) is 0 Å². The van der Waals surface area contributed by atoms with E-state index in [1.807, 2.05) is 66.7 Å². The Morgan fingerprint density at radius 1 is 0.323 bits per heavy atom. The maximum atomic E-state index is 6.73. The Morgan fingerprint density at radius 2 is 0.800 bits per heavy atom. The lowest BCUT2D eigenvalue weighted by Gasteiger charge is -2.14. The number of oxazole rings is 1. The van der Waals surface area contributed by atoms with Crippen LogP contribution in [0.3, 0.4) is 0 Å². The number of benzene rings is 9. The summed E-state index contributed by atoms with van der Waals surface area (Å²) < 4.78 is 11.3. The molecule has 4 heterocycles. The number of nitrogens with zero attached hydrogens (tertiary/aromatic N) is 6. The van der Waals surface area contributed by atoms with Crippen molar-refractivity contribution >= 4 is 54.7 Å². The Hall–Kier alpha value is -8.94. The summed E-state index contributed by atoms with van der Waals surface area (Å²) in [5.74, 6) is 2.24. The van der Waals surface area contributed by atoms with Gasteiger partial charge in [-0.15, -0.1) is 0 Å². The predicted octanol–water partition coefficient (Wildman–Crippen LogP) is 14.5. The highest BCUT2D eigenvalue weighted by molar-refractivity contribution is 6.24. The van der Waals surface area contributed by atoms with E-state index < -0.39 is 0 Å². The first-order chi connectivity index (χ1) is 32.2. The standard InChI is InChI=1S/C58H36N6O/c1-5-18-37(19-6-1)41-34-42(38-20-7-2-8-21-38)36-43(35-41)56-60-55(39-22-9-3-10-23-39)61-58(62-56)64-50-30-16-14-27-45(50)47-33-32-46-44-26-13-15-29-49(44)63(52(46)53(47)64)51-31-17-28-48-54(51)65-57(59-48)40-24-11-4-12-25-40/h1-36H. The van der Waals surface area contributed by atoms with Gasteiger partial charge in [0.25, 0.3) is 0 Å². The Morgan fingerprint density at radius 3 is 1.40 bits per heavy atom. The third kappa shape index (κ3) is 6.05. The average molecular weight is 833 g/mol. The molecule has 0 aliphatic heterocycles. The normalized spacial score (nSPS) is 11.7. The first-order valence-electron chi connectivity index (χ1n) is 21.7. The topological polar surface area (TPSA) is 74.6 Å². The molecule has 0 spiro atoms. The highest BCUT2D eigenvalue weighted by atomic mass is 16.3. The molecule has 65 heavy (non-hydrogen) atoms. The van der Waals surface area contributed by atoms with Crippen molar-refractivity contribution in [3.05, 3.63) is 218 Å². The van der Waals surface area contributed by atoms with E-state index in [4.69, 9.17) is 24.4 Å². The molecule has 4 aromatic heterocycles. The van der Waals surface area contributed by atoms with Crippen molar-refractivity contribution in [3.63, 3.8) is 0 Å². The van der Waals surface area contributed by atoms with Gasteiger partial charge in [0.05, 0.1) is 27.8 Å². The lowest BCUT2D eigenvalue weighted by atomic mass is 9.96. The Labute approximate surface area is 373 Å². The molecular formula is C58H36N6O. The predicted molar refractivity (Wildman–Crippen MR) is 263 cm³/mol. The number of hydrogen-bond donors (Lipinski definition) is 0. The van der Waals surface area contributed by atoms with Gasteiger partial charge < -0.3 is 8.98 Å². The molecule has 0 aliphatic rings. The summed E-state index contributed by atoms with van der Waals surface area (Å²) in [5, 5.41) is 4.38. The Kier molecular flexibility index (Phi) is 8.39. The van der Waals surface area contributed by atoms with Gasteiger partial charge in [-0.1, -0.05) is 164 Å². The van der Waals surface area contributed by atoms with Gasteiger partial charge in [-0.05, 0) is 76.9 Å². The zero-order valence-electron chi connectivity index (χ0n) is 34.9. The minimum Gasteiger partial charge on any atom is -0.434 e. The number of para-hydroxylation sites is 3. The second-order valence-corrected chi connectivity index (χ2v) is 16.3. The van der Waals surface area contributed by atoms with Crippen LogP contribution in [0.5, 0.6) is 0 Å². The molecule has 0 fully saturated rings. The first kappa shape index (κ1) is 36.7. The maximum absolute atomic E-state index is 6.73. The van der Waals surface area contributed by atoms with Crippen LogP contribution < -0.4 is 0 Å². The van der Waals surface area contributed by atoms with E-state index in [2.05, 4.69) is 161 Å². The lowest BCUT2D eigenvalue weighted by molar-refractivity contribution is 0.618. The van der Waals surface area contributed by atoms with E-state index in [1.54, 1.807) is 0 Å². The molecule has 13 aromatic rings. The molecule has 304 valence electrons. The molecule has 9 aromatic carbocycles. The minimum atomic E-state index is 0.514. The molecule has 0 saturated heterocycles. The fourth-order valence-corrected chi connectivity index (χ4v) is 9.43. The van der Waals surface area contributed by atoms with Crippen LogP contribution in [0, 0.1) is 0 Å². The summed E-state index contributed by atoms with van der Waals surface area (Å²) in [6.07, 6.45) is 0. The number of rotatable bonds is 7. The molecule has 0 amide bonds. The van der Waals surface area contributed by atoms with E-state index in [9.17, 15) is 0 Å². The van der Waals surface area contributed by atoms with Crippen LogP contribution in [0.4, 0.5) is 0 Å². The van der Waals surface area contributed by atoms with Gasteiger partial charge in [0.1, 0.15) is 5.52 Å².